The molecule has 3 rings (SSSR count). The van der Waals surface area contributed by atoms with Gasteiger partial charge in [0.1, 0.15) is 0 Å². The smallest absolute Gasteiger partial charge is 0.264 e. The first-order valence-corrected chi connectivity index (χ1v) is 8.08. The summed E-state index contributed by atoms with van der Waals surface area (Å²) in [5, 5.41) is 14.5. The van der Waals surface area contributed by atoms with Gasteiger partial charge in [-0.1, -0.05) is 48.0 Å². The minimum atomic E-state index is -1.32. The second-order valence-electron chi connectivity index (χ2n) is 4.81. The molecule has 0 aromatic heterocycles. The van der Waals surface area contributed by atoms with E-state index in [4.69, 9.17) is 11.6 Å². The van der Waals surface area contributed by atoms with Gasteiger partial charge in [-0.15, -0.1) is 0 Å². The van der Waals surface area contributed by atoms with Gasteiger partial charge in [0.25, 0.3) is 5.91 Å². The van der Waals surface area contributed by atoms with Gasteiger partial charge in [-0.2, -0.15) is 0 Å². The van der Waals surface area contributed by atoms with Crippen molar-refractivity contribution in [3.8, 4) is 0 Å². The highest BCUT2D eigenvalue weighted by molar-refractivity contribution is 8.18. The molecule has 0 radical (unpaired) electrons. The van der Waals surface area contributed by atoms with E-state index >= 15 is 0 Å². The third kappa shape index (κ3) is 3.50. The minimum Gasteiger partial charge on any atom is -0.545 e. The number of carboxylic acids is 1. The lowest BCUT2D eigenvalue weighted by molar-refractivity contribution is -0.254. The standard InChI is InChI=1S/C17H11ClN2O3S/c18-12-7-3-1-5-10(12)9-14-15(21)20-17(24-14)19-13-8-4-2-6-11(13)16(22)23/h1-9H,(H,22,23)(H,19,20,21)/p-1/b14-9-. The van der Waals surface area contributed by atoms with Gasteiger partial charge in [0.05, 0.1) is 16.6 Å². The first-order chi connectivity index (χ1) is 11.5. The lowest BCUT2D eigenvalue weighted by atomic mass is 10.2. The molecule has 1 fully saturated rings. The number of carbonyl (C=O) groups is 2. The van der Waals surface area contributed by atoms with E-state index in [0.29, 0.717) is 20.7 Å². The van der Waals surface area contributed by atoms with Crippen LogP contribution in [0.2, 0.25) is 5.02 Å². The topological polar surface area (TPSA) is 81.6 Å². The maximum absolute atomic E-state index is 12.1. The Morgan fingerprint density at radius 3 is 2.62 bits per heavy atom. The number of carboxylic acid groups (broad SMARTS) is 1. The zero-order chi connectivity index (χ0) is 17.1. The van der Waals surface area contributed by atoms with Crippen molar-refractivity contribution in [3.63, 3.8) is 0 Å². The number of halogens is 1. The first-order valence-electron chi connectivity index (χ1n) is 6.89. The molecule has 1 amide bonds. The summed E-state index contributed by atoms with van der Waals surface area (Å²) in [7, 11) is 0. The molecule has 120 valence electrons. The number of benzene rings is 2. The summed E-state index contributed by atoms with van der Waals surface area (Å²) in [6.45, 7) is 0. The summed E-state index contributed by atoms with van der Waals surface area (Å²) in [5.74, 6) is -1.64. The molecule has 2 aromatic carbocycles. The lowest BCUT2D eigenvalue weighted by Crippen LogP contribution is -2.23. The summed E-state index contributed by atoms with van der Waals surface area (Å²) < 4.78 is 0. The summed E-state index contributed by atoms with van der Waals surface area (Å²) in [5.41, 5.74) is 0.899. The van der Waals surface area contributed by atoms with Crippen LogP contribution < -0.4 is 10.4 Å². The monoisotopic (exact) mass is 357 g/mol. The van der Waals surface area contributed by atoms with Crippen LogP contribution in [0.5, 0.6) is 0 Å². The minimum absolute atomic E-state index is 0.0385. The van der Waals surface area contributed by atoms with Gasteiger partial charge < -0.3 is 15.2 Å². The van der Waals surface area contributed by atoms with Crippen molar-refractivity contribution in [2.24, 2.45) is 4.99 Å². The van der Waals surface area contributed by atoms with Gasteiger partial charge in [0.15, 0.2) is 5.17 Å². The van der Waals surface area contributed by atoms with Gasteiger partial charge in [-0.3, -0.25) is 4.79 Å². The fourth-order valence-electron chi connectivity index (χ4n) is 2.07. The van der Waals surface area contributed by atoms with Crippen LogP contribution in [-0.4, -0.2) is 17.0 Å². The largest absolute Gasteiger partial charge is 0.545 e. The molecule has 1 aliphatic heterocycles. The number of para-hydroxylation sites is 1. The second-order valence-corrected chi connectivity index (χ2v) is 6.25. The van der Waals surface area contributed by atoms with Crippen LogP contribution in [0, 0.1) is 0 Å². The average molecular weight is 358 g/mol. The molecule has 5 nitrogen and oxygen atoms in total. The Balaban J connectivity index is 1.91. The molecule has 1 N–H and O–H groups in total. The second kappa shape index (κ2) is 6.90. The van der Waals surface area contributed by atoms with Crippen LogP contribution in [0.25, 0.3) is 6.08 Å². The van der Waals surface area contributed by atoms with Gasteiger partial charge in [0, 0.05) is 10.6 Å². The molecule has 7 heteroatoms. The summed E-state index contributed by atoms with van der Waals surface area (Å²) in [6, 6.07) is 13.3. The Kier molecular flexibility index (Phi) is 4.69. The molecule has 1 aliphatic rings. The number of amidine groups is 1. The predicted octanol–water partition coefficient (Wildman–Crippen LogP) is 2.60. The van der Waals surface area contributed by atoms with Crippen molar-refractivity contribution in [2.45, 2.75) is 0 Å². The molecule has 1 heterocycles. The number of nitrogens with zero attached hydrogens (tertiary/aromatic N) is 1. The number of hydrogen-bond acceptors (Lipinski definition) is 5. The van der Waals surface area contributed by atoms with E-state index in [-0.39, 0.29) is 17.2 Å². The van der Waals surface area contributed by atoms with Gasteiger partial charge in [-0.05, 0) is 35.5 Å². The molecule has 0 spiro atoms. The Hall–Kier alpha value is -2.57. The molecular weight excluding hydrogens is 348 g/mol. The number of carbonyl (C=O) groups excluding carboxylic acids is 2. The Morgan fingerprint density at radius 1 is 1.17 bits per heavy atom. The Labute approximate surface area is 147 Å². The van der Waals surface area contributed by atoms with Gasteiger partial charge in [-0.25, -0.2) is 4.99 Å². The number of amides is 1. The first kappa shape index (κ1) is 16.3. The SMILES string of the molecule is O=C1NC(=Nc2ccccc2C(=O)[O-])S/C1=C\c1ccccc1Cl. The van der Waals surface area contributed by atoms with Gasteiger partial charge in [0.2, 0.25) is 0 Å². The fourth-order valence-corrected chi connectivity index (χ4v) is 3.08. The van der Waals surface area contributed by atoms with E-state index in [1.54, 1.807) is 42.5 Å². The number of rotatable bonds is 3. The number of aliphatic imine (C=N–C) groups is 1. The quantitative estimate of drug-likeness (QED) is 0.856. The summed E-state index contributed by atoms with van der Waals surface area (Å²) in [6.07, 6.45) is 1.66. The highest BCUT2D eigenvalue weighted by atomic mass is 35.5. The molecule has 0 saturated carbocycles. The van der Waals surface area contributed by atoms with E-state index in [2.05, 4.69) is 10.3 Å². The predicted molar refractivity (Wildman–Crippen MR) is 93.0 cm³/mol. The molecule has 0 unspecified atom stereocenters. The van der Waals surface area contributed by atoms with E-state index in [9.17, 15) is 14.7 Å². The number of hydrogen-bond donors (Lipinski definition) is 1. The third-order valence-electron chi connectivity index (χ3n) is 3.19. The molecule has 2 aromatic rings. The van der Waals surface area contributed by atoms with Crippen molar-refractivity contribution >= 4 is 52.2 Å². The molecule has 0 atom stereocenters. The summed E-state index contributed by atoms with van der Waals surface area (Å²) in [4.78, 5) is 27.8. The van der Waals surface area contributed by atoms with Crippen molar-refractivity contribution in [1.29, 1.82) is 0 Å². The zero-order valence-electron chi connectivity index (χ0n) is 12.2. The Bertz CT molecular complexity index is 893. The van der Waals surface area contributed by atoms with Crippen LogP contribution in [0.3, 0.4) is 0 Å². The van der Waals surface area contributed by atoms with Crippen LogP contribution in [0.15, 0.2) is 58.4 Å². The van der Waals surface area contributed by atoms with Crippen LogP contribution >= 0.6 is 23.4 Å². The van der Waals surface area contributed by atoms with Crippen molar-refractivity contribution < 1.29 is 14.7 Å². The van der Waals surface area contributed by atoms with E-state index in [1.807, 2.05) is 6.07 Å². The molecular formula is C17H10ClN2O3S-. The van der Waals surface area contributed by atoms with Crippen molar-refractivity contribution in [2.75, 3.05) is 0 Å². The average Bonchev–Trinajstić information content (AvgIpc) is 2.89. The molecule has 24 heavy (non-hydrogen) atoms. The van der Waals surface area contributed by atoms with E-state index in [0.717, 1.165) is 11.8 Å². The zero-order valence-corrected chi connectivity index (χ0v) is 13.7. The molecule has 0 bridgehead atoms. The highest BCUT2D eigenvalue weighted by Crippen LogP contribution is 2.30. The fraction of sp³-hybridized carbons (Fsp3) is 0. The van der Waals surface area contributed by atoms with Crippen LogP contribution in [0.1, 0.15) is 15.9 Å². The lowest BCUT2D eigenvalue weighted by Gasteiger charge is -2.06. The van der Waals surface area contributed by atoms with Crippen LogP contribution in [-0.2, 0) is 4.79 Å². The number of thioether (sulfide) groups is 1. The highest BCUT2D eigenvalue weighted by Gasteiger charge is 2.24. The maximum Gasteiger partial charge on any atom is 0.264 e. The number of nitrogens with one attached hydrogen (secondary N) is 1. The number of aromatic carboxylic acids is 1. The third-order valence-corrected chi connectivity index (χ3v) is 4.44. The van der Waals surface area contributed by atoms with E-state index in [1.165, 1.54) is 6.07 Å². The van der Waals surface area contributed by atoms with Crippen LogP contribution in [0.4, 0.5) is 5.69 Å². The molecule has 1 saturated heterocycles. The van der Waals surface area contributed by atoms with E-state index < -0.39 is 5.97 Å². The van der Waals surface area contributed by atoms with Gasteiger partial charge >= 0.3 is 0 Å². The van der Waals surface area contributed by atoms with Crippen molar-refractivity contribution in [3.05, 3.63) is 69.6 Å². The summed E-state index contributed by atoms with van der Waals surface area (Å²) >= 11 is 7.20. The normalized spacial score (nSPS) is 17.3. The maximum atomic E-state index is 12.1. The Morgan fingerprint density at radius 2 is 1.88 bits per heavy atom. The molecule has 0 aliphatic carbocycles. The van der Waals surface area contributed by atoms with Crippen molar-refractivity contribution in [1.82, 2.24) is 5.32 Å².